The van der Waals surface area contributed by atoms with Crippen LogP contribution in [-0.2, 0) is 22.1 Å². The molecule has 0 saturated carbocycles. The summed E-state index contributed by atoms with van der Waals surface area (Å²) in [5, 5.41) is 2.70. The van der Waals surface area contributed by atoms with Crippen LogP contribution in [0.15, 0.2) is 54.6 Å². The van der Waals surface area contributed by atoms with Gasteiger partial charge in [0.25, 0.3) is 5.91 Å². The number of hydrogen-bond donors (Lipinski definition) is 1. The molecule has 5 nitrogen and oxygen atoms in total. The fourth-order valence-corrected chi connectivity index (χ4v) is 4.55. The zero-order valence-corrected chi connectivity index (χ0v) is 20.9. The minimum Gasteiger partial charge on any atom is -0.494 e. The van der Waals surface area contributed by atoms with Gasteiger partial charge in [-0.3, -0.25) is 9.59 Å². The number of esters is 1. The van der Waals surface area contributed by atoms with Gasteiger partial charge in [-0.2, -0.15) is 13.2 Å². The predicted molar refractivity (Wildman–Crippen MR) is 133 cm³/mol. The van der Waals surface area contributed by atoms with Gasteiger partial charge >= 0.3 is 12.1 Å². The van der Waals surface area contributed by atoms with Crippen molar-refractivity contribution in [2.45, 2.75) is 38.8 Å². The fraction of sp³-hybridized carbons (Fsp3) is 0.333. The van der Waals surface area contributed by atoms with Crippen LogP contribution in [0.25, 0.3) is 11.1 Å². The number of aryl methyl sites for hydroxylation is 2. The Hall–Kier alpha value is -3.33. The number of benzene rings is 2. The number of rotatable bonds is 11. The molecule has 0 radical (unpaired) electrons. The van der Waals surface area contributed by atoms with Gasteiger partial charge in [-0.15, -0.1) is 11.3 Å². The van der Waals surface area contributed by atoms with Gasteiger partial charge < -0.3 is 14.8 Å². The van der Waals surface area contributed by atoms with Crippen molar-refractivity contribution in [2.75, 3.05) is 20.3 Å². The van der Waals surface area contributed by atoms with Crippen LogP contribution in [0.3, 0.4) is 0 Å². The van der Waals surface area contributed by atoms with Gasteiger partial charge in [-0.05, 0) is 79.3 Å². The van der Waals surface area contributed by atoms with Crippen LogP contribution >= 0.6 is 11.3 Å². The van der Waals surface area contributed by atoms with E-state index in [1.54, 1.807) is 6.07 Å². The third-order valence-corrected chi connectivity index (χ3v) is 6.68. The molecule has 0 saturated heterocycles. The van der Waals surface area contributed by atoms with E-state index in [1.165, 1.54) is 30.6 Å². The second kappa shape index (κ2) is 12.6. The van der Waals surface area contributed by atoms with E-state index in [2.05, 4.69) is 10.1 Å². The summed E-state index contributed by atoms with van der Waals surface area (Å²) in [5.41, 5.74) is 1.84. The number of nitrogens with one attached hydrogen (secondary N) is 1. The summed E-state index contributed by atoms with van der Waals surface area (Å²) in [4.78, 5) is 25.0. The summed E-state index contributed by atoms with van der Waals surface area (Å²) in [5.74, 6) is 0.147. The third kappa shape index (κ3) is 7.84. The van der Waals surface area contributed by atoms with Crippen LogP contribution in [0.1, 0.15) is 44.9 Å². The first kappa shape index (κ1) is 27.3. The maximum Gasteiger partial charge on any atom is 0.416 e. The summed E-state index contributed by atoms with van der Waals surface area (Å²) in [7, 11) is 1.31. The number of unbranched alkanes of at least 4 members (excludes halogenated alkanes) is 1. The first-order valence-electron chi connectivity index (χ1n) is 11.5. The van der Waals surface area contributed by atoms with E-state index in [1.807, 2.05) is 31.2 Å². The lowest BCUT2D eigenvalue weighted by molar-refractivity contribution is -0.140. The van der Waals surface area contributed by atoms with Crippen molar-refractivity contribution < 1.29 is 32.2 Å². The van der Waals surface area contributed by atoms with Crippen molar-refractivity contribution in [2.24, 2.45) is 0 Å². The Balaban J connectivity index is 1.41. The summed E-state index contributed by atoms with van der Waals surface area (Å²) in [6, 6.07) is 14.4. The molecule has 36 heavy (non-hydrogen) atoms. The normalized spacial score (nSPS) is 11.2. The summed E-state index contributed by atoms with van der Waals surface area (Å²) < 4.78 is 48.8. The zero-order chi connectivity index (χ0) is 26.1. The van der Waals surface area contributed by atoms with E-state index in [4.69, 9.17) is 4.74 Å². The highest BCUT2D eigenvalue weighted by molar-refractivity contribution is 7.14. The maximum absolute atomic E-state index is 12.8. The van der Waals surface area contributed by atoms with Crippen LogP contribution in [0.2, 0.25) is 0 Å². The van der Waals surface area contributed by atoms with Crippen molar-refractivity contribution in [3.63, 3.8) is 0 Å². The van der Waals surface area contributed by atoms with Gasteiger partial charge in [0, 0.05) is 11.4 Å². The third-order valence-electron chi connectivity index (χ3n) is 5.54. The van der Waals surface area contributed by atoms with E-state index >= 15 is 0 Å². The average molecular weight is 520 g/mol. The molecule has 0 aliphatic heterocycles. The molecule has 1 heterocycles. The van der Waals surface area contributed by atoms with Crippen molar-refractivity contribution >= 4 is 23.2 Å². The summed E-state index contributed by atoms with van der Waals surface area (Å²) in [6.07, 6.45) is -1.66. The highest BCUT2D eigenvalue weighted by Crippen LogP contribution is 2.32. The van der Waals surface area contributed by atoms with Crippen molar-refractivity contribution in [1.29, 1.82) is 0 Å². The van der Waals surface area contributed by atoms with Crippen molar-refractivity contribution in [1.82, 2.24) is 5.32 Å². The Labute approximate surface area is 212 Å². The Bertz CT molecular complexity index is 1170. The SMILES string of the molecule is COC(=O)CCNC(=O)c1ccc(CCCCOc2ccc(-c3ccc(C(F)(F)F)cc3)c(C)c2)s1. The number of amides is 1. The molecule has 3 rings (SSSR count). The number of carbonyl (C=O) groups excluding carboxylic acids is 2. The van der Waals surface area contributed by atoms with Gasteiger partial charge in [0.05, 0.1) is 30.6 Å². The first-order valence-corrected chi connectivity index (χ1v) is 12.3. The van der Waals surface area contributed by atoms with Crippen LogP contribution in [0.4, 0.5) is 13.2 Å². The molecule has 0 aliphatic rings. The monoisotopic (exact) mass is 519 g/mol. The van der Waals surface area contributed by atoms with E-state index in [-0.39, 0.29) is 24.8 Å². The average Bonchev–Trinajstić information content (AvgIpc) is 3.32. The predicted octanol–water partition coefficient (Wildman–Crippen LogP) is 6.44. The molecule has 1 aromatic heterocycles. The summed E-state index contributed by atoms with van der Waals surface area (Å²) >= 11 is 1.43. The standard InChI is InChI=1S/C27H28F3NO4S/c1-18-17-21(10-12-23(18)19-6-8-20(9-7-19)27(28,29)30)35-16-4-3-5-22-11-13-24(36-22)26(33)31-15-14-25(32)34-2/h6-13,17H,3-5,14-16H2,1-2H3,(H,31,33). The van der Waals surface area contributed by atoms with Crippen LogP contribution in [0.5, 0.6) is 5.75 Å². The molecule has 0 fully saturated rings. The van der Waals surface area contributed by atoms with Gasteiger partial charge in [0.15, 0.2) is 0 Å². The smallest absolute Gasteiger partial charge is 0.416 e. The Morgan fingerprint density at radius 3 is 2.42 bits per heavy atom. The fourth-order valence-electron chi connectivity index (χ4n) is 3.58. The second-order valence-corrected chi connectivity index (χ2v) is 9.37. The van der Waals surface area contributed by atoms with Crippen LogP contribution in [-0.4, -0.2) is 32.1 Å². The number of halogens is 3. The number of hydrogen-bond acceptors (Lipinski definition) is 5. The molecule has 0 bridgehead atoms. The number of methoxy groups -OCH3 is 1. The molecule has 192 valence electrons. The first-order chi connectivity index (χ1) is 17.2. The minimum atomic E-state index is -4.35. The Morgan fingerprint density at radius 2 is 1.75 bits per heavy atom. The van der Waals surface area contributed by atoms with E-state index < -0.39 is 11.7 Å². The van der Waals surface area contributed by atoms with Gasteiger partial charge in [0.2, 0.25) is 0 Å². The van der Waals surface area contributed by atoms with E-state index in [0.717, 1.165) is 53.0 Å². The molecule has 9 heteroatoms. The molecule has 1 amide bonds. The van der Waals surface area contributed by atoms with Gasteiger partial charge in [-0.1, -0.05) is 18.2 Å². The Kier molecular flexibility index (Phi) is 9.52. The van der Waals surface area contributed by atoms with Crippen molar-refractivity contribution in [3.05, 3.63) is 75.5 Å². The van der Waals surface area contributed by atoms with Gasteiger partial charge in [0.1, 0.15) is 5.75 Å². The molecule has 0 unspecified atom stereocenters. The quantitative estimate of drug-likeness (QED) is 0.234. The topological polar surface area (TPSA) is 64.6 Å². The highest BCUT2D eigenvalue weighted by atomic mass is 32.1. The Morgan fingerprint density at radius 1 is 1.00 bits per heavy atom. The lowest BCUT2D eigenvalue weighted by Gasteiger charge is -2.12. The molecule has 0 spiro atoms. The zero-order valence-electron chi connectivity index (χ0n) is 20.1. The van der Waals surface area contributed by atoms with Crippen LogP contribution in [0, 0.1) is 6.92 Å². The van der Waals surface area contributed by atoms with E-state index in [0.29, 0.717) is 17.2 Å². The number of ether oxygens (including phenoxy) is 2. The molecular weight excluding hydrogens is 491 g/mol. The molecule has 2 aromatic carbocycles. The van der Waals surface area contributed by atoms with E-state index in [9.17, 15) is 22.8 Å². The number of carbonyl (C=O) groups is 2. The number of alkyl halides is 3. The second-order valence-electron chi connectivity index (χ2n) is 8.21. The minimum absolute atomic E-state index is 0.137. The van der Waals surface area contributed by atoms with Crippen molar-refractivity contribution in [3.8, 4) is 16.9 Å². The lowest BCUT2D eigenvalue weighted by atomic mass is 9.99. The van der Waals surface area contributed by atoms with Crippen LogP contribution < -0.4 is 10.1 Å². The molecular formula is C27H28F3NO4S. The molecule has 3 aromatic rings. The van der Waals surface area contributed by atoms with Gasteiger partial charge in [-0.25, -0.2) is 0 Å². The highest BCUT2D eigenvalue weighted by Gasteiger charge is 2.30. The molecule has 1 N–H and O–H groups in total. The molecule has 0 atom stereocenters. The summed E-state index contributed by atoms with van der Waals surface area (Å²) in [6.45, 7) is 2.67. The lowest BCUT2D eigenvalue weighted by Crippen LogP contribution is -2.25. The maximum atomic E-state index is 12.8. The number of thiophene rings is 1. The largest absolute Gasteiger partial charge is 0.494 e. The molecule has 0 aliphatic carbocycles.